The maximum atomic E-state index is 9.51. The predicted molar refractivity (Wildman–Crippen MR) is 82.7 cm³/mol. The molecule has 0 bridgehead atoms. The van der Waals surface area contributed by atoms with E-state index in [1.165, 1.54) is 30.4 Å². The first-order valence-electron chi connectivity index (χ1n) is 7.43. The van der Waals surface area contributed by atoms with E-state index in [-0.39, 0.29) is 12.0 Å². The van der Waals surface area contributed by atoms with Crippen molar-refractivity contribution in [2.24, 2.45) is 0 Å². The minimum Gasteiger partial charge on any atom is -0.395 e. The Balaban J connectivity index is 0.000000312. The fourth-order valence-electron chi connectivity index (χ4n) is 2.84. The number of hydrogen-bond acceptors (Lipinski definition) is 2. The van der Waals surface area contributed by atoms with Crippen LogP contribution in [0.15, 0.2) is 24.3 Å². The molecular formula is C17H29NO. The Morgan fingerprint density at radius 3 is 2.21 bits per heavy atom. The molecule has 0 amide bonds. The second-order valence-electron chi connectivity index (χ2n) is 5.86. The van der Waals surface area contributed by atoms with Gasteiger partial charge < -0.3 is 10.0 Å². The average molecular weight is 263 g/mol. The molecule has 0 heterocycles. The van der Waals surface area contributed by atoms with Gasteiger partial charge in [-0.3, -0.25) is 0 Å². The summed E-state index contributed by atoms with van der Waals surface area (Å²) in [5.74, 6) is 0. The average Bonchev–Trinajstić information content (AvgIpc) is 2.37. The van der Waals surface area contributed by atoms with Crippen LogP contribution in [-0.2, 0) is 11.8 Å². The van der Waals surface area contributed by atoms with Gasteiger partial charge in [-0.1, -0.05) is 57.4 Å². The molecule has 0 radical (unpaired) electrons. The van der Waals surface area contributed by atoms with Crippen molar-refractivity contribution in [3.63, 3.8) is 0 Å². The van der Waals surface area contributed by atoms with Crippen molar-refractivity contribution in [2.75, 3.05) is 27.2 Å². The van der Waals surface area contributed by atoms with Crippen molar-refractivity contribution >= 4 is 0 Å². The van der Waals surface area contributed by atoms with E-state index in [1.807, 2.05) is 0 Å². The smallest absolute Gasteiger partial charge is 0.0543 e. The number of aliphatic hydroxyl groups is 1. The van der Waals surface area contributed by atoms with Crippen LogP contribution in [0.5, 0.6) is 0 Å². The Labute approximate surface area is 118 Å². The van der Waals surface area contributed by atoms with Gasteiger partial charge >= 0.3 is 0 Å². The van der Waals surface area contributed by atoms with Gasteiger partial charge in [0.05, 0.1) is 6.61 Å². The number of fused-ring (bicyclic) bond motifs is 1. The lowest BCUT2D eigenvalue weighted by Crippen LogP contribution is -2.49. The summed E-state index contributed by atoms with van der Waals surface area (Å²) in [6, 6.07) is 8.41. The highest BCUT2D eigenvalue weighted by molar-refractivity contribution is 5.45. The van der Waals surface area contributed by atoms with Crippen molar-refractivity contribution in [1.82, 2.24) is 4.90 Å². The number of aliphatic hydroxyl groups excluding tert-OH is 1. The summed E-state index contributed by atoms with van der Waals surface area (Å²) >= 11 is 0. The van der Waals surface area contributed by atoms with E-state index in [0.717, 1.165) is 13.0 Å². The maximum absolute atomic E-state index is 9.51. The lowest BCUT2D eigenvalue weighted by Gasteiger charge is -2.44. The zero-order valence-corrected chi connectivity index (χ0v) is 12.9. The van der Waals surface area contributed by atoms with Crippen LogP contribution in [0, 0.1) is 0 Å². The Bertz CT molecular complexity index is 373. The lowest BCUT2D eigenvalue weighted by atomic mass is 9.64. The summed E-state index contributed by atoms with van der Waals surface area (Å²) in [6.45, 7) is 5.61. The van der Waals surface area contributed by atoms with Gasteiger partial charge in [0.1, 0.15) is 0 Å². The SMILES string of the molecule is CCCCC.CN(C)CC1(CO)Cc2ccccc21. The number of hydrogen-bond donors (Lipinski definition) is 1. The lowest BCUT2D eigenvalue weighted by molar-refractivity contribution is 0.138. The van der Waals surface area contributed by atoms with Crippen molar-refractivity contribution in [3.05, 3.63) is 35.4 Å². The van der Waals surface area contributed by atoms with Crippen LogP contribution in [0.25, 0.3) is 0 Å². The molecule has 0 saturated carbocycles. The minimum absolute atomic E-state index is 0.0000926. The second kappa shape index (κ2) is 7.66. The second-order valence-corrected chi connectivity index (χ2v) is 5.86. The summed E-state index contributed by atoms with van der Waals surface area (Å²) < 4.78 is 0. The molecule has 1 unspecified atom stereocenters. The number of nitrogens with zero attached hydrogens (tertiary/aromatic N) is 1. The predicted octanol–water partition coefficient (Wildman–Crippen LogP) is 3.23. The first-order valence-corrected chi connectivity index (χ1v) is 7.43. The van der Waals surface area contributed by atoms with E-state index in [9.17, 15) is 5.11 Å². The summed E-state index contributed by atoms with van der Waals surface area (Å²) in [5.41, 5.74) is 2.72. The van der Waals surface area contributed by atoms with Crippen LogP contribution in [-0.4, -0.2) is 37.3 Å². The standard InChI is InChI=1S/C12H17NO.C5H12/c1-13(2)8-12(9-14)7-10-5-3-4-6-11(10)12;1-3-5-4-2/h3-6,14H,7-9H2,1-2H3;3-5H2,1-2H3. The van der Waals surface area contributed by atoms with Crippen molar-refractivity contribution in [1.29, 1.82) is 0 Å². The molecule has 2 rings (SSSR count). The van der Waals surface area contributed by atoms with Gasteiger partial charge in [-0.2, -0.15) is 0 Å². The van der Waals surface area contributed by atoms with Crippen LogP contribution in [0.1, 0.15) is 44.2 Å². The fraction of sp³-hybridized carbons (Fsp3) is 0.647. The highest BCUT2D eigenvalue weighted by Crippen LogP contribution is 2.40. The first kappa shape index (κ1) is 16.2. The number of rotatable bonds is 5. The van der Waals surface area contributed by atoms with E-state index in [1.54, 1.807) is 0 Å². The third-order valence-corrected chi connectivity index (χ3v) is 3.75. The molecule has 1 aromatic rings. The van der Waals surface area contributed by atoms with Gasteiger partial charge in [-0.25, -0.2) is 0 Å². The van der Waals surface area contributed by atoms with Gasteiger partial charge in [-0.05, 0) is 31.6 Å². The normalized spacial score (nSPS) is 20.3. The van der Waals surface area contributed by atoms with Gasteiger partial charge in [0.15, 0.2) is 0 Å². The van der Waals surface area contributed by atoms with Crippen LogP contribution in [0.3, 0.4) is 0 Å². The zero-order chi connectivity index (χ0) is 14.3. The molecule has 0 aromatic heterocycles. The van der Waals surface area contributed by atoms with Gasteiger partial charge in [-0.15, -0.1) is 0 Å². The monoisotopic (exact) mass is 263 g/mol. The maximum Gasteiger partial charge on any atom is 0.0543 e. The van der Waals surface area contributed by atoms with Crippen molar-refractivity contribution in [2.45, 2.75) is 44.9 Å². The van der Waals surface area contributed by atoms with E-state index >= 15 is 0 Å². The highest BCUT2D eigenvalue weighted by atomic mass is 16.3. The van der Waals surface area contributed by atoms with Crippen LogP contribution >= 0.6 is 0 Å². The van der Waals surface area contributed by atoms with Gasteiger partial charge in [0.25, 0.3) is 0 Å². The van der Waals surface area contributed by atoms with Gasteiger partial charge in [0, 0.05) is 12.0 Å². The van der Waals surface area contributed by atoms with Crippen molar-refractivity contribution < 1.29 is 5.11 Å². The number of benzene rings is 1. The molecule has 0 saturated heterocycles. The zero-order valence-electron chi connectivity index (χ0n) is 12.9. The Kier molecular flexibility index (Phi) is 6.53. The molecule has 0 aliphatic heterocycles. The van der Waals surface area contributed by atoms with Gasteiger partial charge in [0.2, 0.25) is 0 Å². The van der Waals surface area contributed by atoms with Crippen LogP contribution in [0.4, 0.5) is 0 Å². The summed E-state index contributed by atoms with van der Waals surface area (Å²) in [7, 11) is 4.11. The highest BCUT2D eigenvalue weighted by Gasteiger charge is 2.41. The van der Waals surface area contributed by atoms with E-state index in [0.29, 0.717) is 0 Å². The molecule has 1 aliphatic carbocycles. The largest absolute Gasteiger partial charge is 0.395 e. The molecule has 2 heteroatoms. The minimum atomic E-state index is 0.0000926. The Hall–Kier alpha value is -0.860. The van der Waals surface area contributed by atoms with Crippen molar-refractivity contribution in [3.8, 4) is 0 Å². The molecule has 0 fully saturated rings. The van der Waals surface area contributed by atoms with Crippen LogP contribution < -0.4 is 0 Å². The summed E-state index contributed by atoms with van der Waals surface area (Å²) in [6.07, 6.45) is 5.09. The number of likely N-dealkylation sites (N-methyl/N-ethyl adjacent to an activating group) is 1. The van der Waals surface area contributed by atoms with E-state index < -0.39 is 0 Å². The third kappa shape index (κ3) is 4.05. The fourth-order valence-corrected chi connectivity index (χ4v) is 2.84. The topological polar surface area (TPSA) is 23.5 Å². The number of unbranched alkanes of at least 4 members (excludes halogenated alkanes) is 2. The quantitative estimate of drug-likeness (QED) is 0.881. The third-order valence-electron chi connectivity index (χ3n) is 3.75. The summed E-state index contributed by atoms with van der Waals surface area (Å²) in [4.78, 5) is 2.14. The molecule has 2 nitrogen and oxygen atoms in total. The molecule has 1 N–H and O–H groups in total. The first-order chi connectivity index (χ1) is 9.09. The molecule has 1 aromatic carbocycles. The van der Waals surface area contributed by atoms with E-state index in [4.69, 9.17) is 0 Å². The molecule has 19 heavy (non-hydrogen) atoms. The van der Waals surface area contributed by atoms with E-state index in [2.05, 4.69) is 57.1 Å². The summed E-state index contributed by atoms with van der Waals surface area (Å²) in [5, 5.41) is 9.51. The Morgan fingerprint density at radius 1 is 1.16 bits per heavy atom. The molecule has 108 valence electrons. The molecular weight excluding hydrogens is 234 g/mol. The Morgan fingerprint density at radius 2 is 1.79 bits per heavy atom. The van der Waals surface area contributed by atoms with Crippen LogP contribution in [0.2, 0.25) is 0 Å². The molecule has 1 aliphatic rings. The molecule has 1 atom stereocenters. The molecule has 0 spiro atoms.